The van der Waals surface area contributed by atoms with Gasteiger partial charge in [0.05, 0.1) is 19.0 Å². The van der Waals surface area contributed by atoms with Crippen LogP contribution >= 0.6 is 0 Å². The lowest BCUT2D eigenvalue weighted by atomic mass is 10.2. The largest absolute Gasteiger partial charge is 0.494 e. The van der Waals surface area contributed by atoms with Crippen LogP contribution in [0.2, 0.25) is 0 Å². The third kappa shape index (κ3) is 2.64. The van der Waals surface area contributed by atoms with E-state index in [0.29, 0.717) is 0 Å². The molecule has 2 rings (SSSR count). The average molecular weight is 231 g/mol. The molecule has 0 bridgehead atoms. The molecule has 4 heteroatoms. The van der Waals surface area contributed by atoms with Crippen molar-refractivity contribution in [2.75, 3.05) is 7.11 Å². The van der Waals surface area contributed by atoms with Gasteiger partial charge in [0.1, 0.15) is 11.4 Å². The number of nitrogens with zero attached hydrogens (tertiary/aromatic N) is 3. The van der Waals surface area contributed by atoms with Crippen molar-refractivity contribution in [2.24, 2.45) is 0 Å². The maximum Gasteiger partial charge on any atom is 0.144 e. The number of ether oxygens (including phenoxy) is 1. The Labute approximate surface area is 101 Å². The third-order valence-corrected chi connectivity index (χ3v) is 2.66. The molecule has 0 aliphatic heterocycles. The number of hydrogen-bond acceptors (Lipinski definition) is 3. The highest BCUT2D eigenvalue weighted by Gasteiger charge is 2.06. The van der Waals surface area contributed by atoms with Crippen molar-refractivity contribution in [3.63, 3.8) is 0 Å². The van der Waals surface area contributed by atoms with E-state index < -0.39 is 0 Å². The van der Waals surface area contributed by atoms with Gasteiger partial charge in [0.15, 0.2) is 0 Å². The summed E-state index contributed by atoms with van der Waals surface area (Å²) in [5.74, 6) is 0.805. The molecule has 1 aromatic carbocycles. The Kier molecular flexibility index (Phi) is 3.75. The molecule has 0 N–H and O–H groups in total. The molecule has 90 valence electrons. The molecular formula is C13H17N3O. The van der Waals surface area contributed by atoms with Gasteiger partial charge in [0, 0.05) is 0 Å². The zero-order valence-electron chi connectivity index (χ0n) is 10.3. The number of benzene rings is 1. The van der Waals surface area contributed by atoms with Crippen molar-refractivity contribution in [2.45, 2.75) is 26.2 Å². The molecule has 1 aromatic heterocycles. The van der Waals surface area contributed by atoms with E-state index in [9.17, 15) is 0 Å². The first kappa shape index (κ1) is 11.6. The maximum atomic E-state index is 5.30. The summed E-state index contributed by atoms with van der Waals surface area (Å²) in [6.07, 6.45) is 5.26. The number of rotatable bonds is 5. The van der Waals surface area contributed by atoms with Gasteiger partial charge < -0.3 is 4.74 Å². The number of unbranched alkanes of at least 4 members (excludes halogenated alkanes) is 1. The molecule has 0 unspecified atom stereocenters. The second-order valence-corrected chi connectivity index (χ2v) is 3.93. The monoisotopic (exact) mass is 231 g/mol. The van der Waals surface area contributed by atoms with Crippen LogP contribution in [0.15, 0.2) is 30.5 Å². The van der Waals surface area contributed by atoms with E-state index in [1.54, 1.807) is 11.8 Å². The zero-order valence-corrected chi connectivity index (χ0v) is 10.3. The number of methoxy groups -OCH3 is 1. The molecule has 0 aliphatic carbocycles. The van der Waals surface area contributed by atoms with E-state index >= 15 is 0 Å². The van der Waals surface area contributed by atoms with Crippen LogP contribution in [-0.2, 0) is 6.42 Å². The summed E-state index contributed by atoms with van der Waals surface area (Å²) in [4.78, 5) is 0. The van der Waals surface area contributed by atoms with Crippen LogP contribution in [-0.4, -0.2) is 22.1 Å². The standard InChI is InChI=1S/C13H17N3O/c1-3-4-7-11-10-16(15-14-11)12-8-5-6-9-13(12)17-2/h5-6,8-10H,3-4,7H2,1-2H3. The smallest absolute Gasteiger partial charge is 0.144 e. The molecule has 0 saturated carbocycles. The highest BCUT2D eigenvalue weighted by molar-refractivity contribution is 5.45. The molecule has 0 saturated heterocycles. The van der Waals surface area contributed by atoms with Gasteiger partial charge in [-0.2, -0.15) is 0 Å². The molecule has 17 heavy (non-hydrogen) atoms. The van der Waals surface area contributed by atoms with Crippen LogP contribution in [0, 0.1) is 0 Å². The molecule has 0 spiro atoms. The number of hydrogen-bond donors (Lipinski definition) is 0. The van der Waals surface area contributed by atoms with Gasteiger partial charge in [-0.05, 0) is 25.0 Å². The fourth-order valence-electron chi connectivity index (χ4n) is 1.71. The summed E-state index contributed by atoms with van der Waals surface area (Å²) in [7, 11) is 1.66. The molecule has 0 fully saturated rings. The molecule has 4 nitrogen and oxygen atoms in total. The number of aromatic nitrogens is 3. The second kappa shape index (κ2) is 5.48. The molecular weight excluding hydrogens is 214 g/mol. The van der Waals surface area contributed by atoms with Gasteiger partial charge in [-0.3, -0.25) is 0 Å². The fraction of sp³-hybridized carbons (Fsp3) is 0.385. The quantitative estimate of drug-likeness (QED) is 0.794. The lowest BCUT2D eigenvalue weighted by Gasteiger charge is -2.06. The second-order valence-electron chi connectivity index (χ2n) is 3.93. The van der Waals surface area contributed by atoms with Gasteiger partial charge in [-0.25, -0.2) is 4.68 Å². The highest BCUT2D eigenvalue weighted by atomic mass is 16.5. The van der Waals surface area contributed by atoms with Crippen molar-refractivity contribution in [1.82, 2.24) is 15.0 Å². The first-order valence-corrected chi connectivity index (χ1v) is 5.89. The van der Waals surface area contributed by atoms with Gasteiger partial charge in [-0.1, -0.05) is 30.7 Å². The molecule has 0 amide bonds. The molecule has 0 radical (unpaired) electrons. The maximum absolute atomic E-state index is 5.30. The van der Waals surface area contributed by atoms with Crippen LogP contribution < -0.4 is 4.74 Å². The van der Waals surface area contributed by atoms with Crippen molar-refractivity contribution < 1.29 is 4.74 Å². The summed E-state index contributed by atoms with van der Waals surface area (Å²) in [5.41, 5.74) is 1.95. The first-order chi connectivity index (χ1) is 8.35. The minimum atomic E-state index is 0.805. The molecule has 0 atom stereocenters. The molecule has 2 aromatic rings. The van der Waals surface area contributed by atoms with Crippen molar-refractivity contribution in [3.8, 4) is 11.4 Å². The third-order valence-electron chi connectivity index (χ3n) is 2.66. The predicted octanol–water partition coefficient (Wildman–Crippen LogP) is 2.62. The van der Waals surface area contributed by atoms with Crippen molar-refractivity contribution in [1.29, 1.82) is 0 Å². The Morgan fingerprint density at radius 3 is 2.88 bits per heavy atom. The van der Waals surface area contributed by atoms with Crippen molar-refractivity contribution >= 4 is 0 Å². The lowest BCUT2D eigenvalue weighted by Crippen LogP contribution is -1.98. The normalized spacial score (nSPS) is 10.5. The highest BCUT2D eigenvalue weighted by Crippen LogP contribution is 2.21. The summed E-state index contributed by atoms with van der Waals surface area (Å²) in [6.45, 7) is 2.17. The average Bonchev–Trinajstić information content (AvgIpc) is 2.85. The molecule has 1 heterocycles. The fourth-order valence-corrected chi connectivity index (χ4v) is 1.71. The number of aryl methyl sites for hydroxylation is 1. The first-order valence-electron chi connectivity index (χ1n) is 5.89. The summed E-state index contributed by atoms with van der Waals surface area (Å²) < 4.78 is 7.07. The summed E-state index contributed by atoms with van der Waals surface area (Å²) in [6, 6.07) is 7.79. The van der Waals surface area contributed by atoms with Crippen LogP contribution in [0.5, 0.6) is 5.75 Å². The topological polar surface area (TPSA) is 39.9 Å². The van der Waals surface area contributed by atoms with Gasteiger partial charge in [0.2, 0.25) is 0 Å². The minimum Gasteiger partial charge on any atom is -0.494 e. The van der Waals surface area contributed by atoms with Crippen LogP contribution in [0.25, 0.3) is 5.69 Å². The number of para-hydroxylation sites is 2. The van der Waals surface area contributed by atoms with Crippen molar-refractivity contribution in [3.05, 3.63) is 36.2 Å². The van der Waals surface area contributed by atoms with Gasteiger partial charge in [-0.15, -0.1) is 5.10 Å². The van der Waals surface area contributed by atoms with Crippen LogP contribution in [0.3, 0.4) is 0 Å². The van der Waals surface area contributed by atoms with E-state index in [-0.39, 0.29) is 0 Å². The SMILES string of the molecule is CCCCc1cn(-c2ccccc2OC)nn1. The van der Waals surface area contributed by atoms with Crippen LogP contribution in [0.1, 0.15) is 25.5 Å². The van der Waals surface area contributed by atoms with E-state index in [1.165, 1.54) is 6.42 Å². The van der Waals surface area contributed by atoms with Crippen LogP contribution in [0.4, 0.5) is 0 Å². The van der Waals surface area contributed by atoms with Gasteiger partial charge >= 0.3 is 0 Å². The van der Waals surface area contributed by atoms with E-state index in [4.69, 9.17) is 4.74 Å². The Morgan fingerprint density at radius 1 is 1.29 bits per heavy atom. The Hall–Kier alpha value is -1.84. The predicted molar refractivity (Wildman–Crippen MR) is 66.5 cm³/mol. The zero-order chi connectivity index (χ0) is 12.1. The van der Waals surface area contributed by atoms with Gasteiger partial charge in [0.25, 0.3) is 0 Å². The Balaban J connectivity index is 2.24. The van der Waals surface area contributed by atoms with E-state index in [0.717, 1.165) is 30.0 Å². The minimum absolute atomic E-state index is 0.805. The summed E-state index contributed by atoms with van der Waals surface area (Å²) in [5, 5.41) is 8.30. The lowest BCUT2D eigenvalue weighted by molar-refractivity contribution is 0.411. The van der Waals surface area contributed by atoms with E-state index in [2.05, 4.69) is 17.2 Å². The molecule has 0 aliphatic rings. The Morgan fingerprint density at radius 2 is 2.12 bits per heavy atom. The summed E-state index contributed by atoms with van der Waals surface area (Å²) >= 11 is 0. The Bertz CT molecular complexity index is 479. The van der Waals surface area contributed by atoms with E-state index in [1.807, 2.05) is 30.5 Å².